The molecule has 7 heteroatoms. The number of fused-ring (bicyclic) bond motifs is 1. The molecule has 1 aliphatic carbocycles. The summed E-state index contributed by atoms with van der Waals surface area (Å²) in [7, 11) is -2.67. The van der Waals surface area contributed by atoms with Gasteiger partial charge in [0, 0.05) is 6.04 Å². The molecule has 1 unspecified atom stereocenters. The maximum atomic E-state index is 12.8. The number of hydrogen-bond donors (Lipinski definition) is 1. The van der Waals surface area contributed by atoms with E-state index in [0.29, 0.717) is 0 Å². The number of aryl methyl sites for hydroxylation is 2. The maximum absolute atomic E-state index is 12.8. The van der Waals surface area contributed by atoms with Gasteiger partial charge in [-0.2, -0.15) is 0 Å². The molecule has 1 N–H and O–H groups in total. The fourth-order valence-electron chi connectivity index (χ4n) is 3.18. The van der Waals surface area contributed by atoms with Crippen LogP contribution in [-0.4, -0.2) is 21.5 Å². The monoisotopic (exact) mass is 393 g/mol. The zero-order valence-electron chi connectivity index (χ0n) is 14.6. The highest BCUT2D eigenvalue weighted by Crippen LogP contribution is 2.28. The molecule has 0 aliphatic heterocycles. The van der Waals surface area contributed by atoms with Gasteiger partial charge >= 0.3 is 5.97 Å². The van der Waals surface area contributed by atoms with E-state index in [1.807, 2.05) is 6.07 Å². The van der Waals surface area contributed by atoms with Crippen molar-refractivity contribution in [2.24, 2.45) is 0 Å². The van der Waals surface area contributed by atoms with Crippen LogP contribution < -0.4 is 4.72 Å². The quantitative estimate of drug-likeness (QED) is 0.787. The van der Waals surface area contributed by atoms with Gasteiger partial charge in [-0.15, -0.1) is 0 Å². The highest BCUT2D eigenvalue weighted by atomic mass is 35.5. The SMILES string of the molecule is COC(=O)c1ccc(Cl)c(S(=O)(=O)NC(C)c2ccc3c(c2)CCC3)c1. The van der Waals surface area contributed by atoms with E-state index >= 15 is 0 Å². The first-order valence-corrected chi connectivity index (χ1v) is 10.2. The molecular weight excluding hydrogens is 374 g/mol. The third kappa shape index (κ3) is 3.77. The molecule has 138 valence electrons. The van der Waals surface area contributed by atoms with Gasteiger partial charge < -0.3 is 4.74 Å². The fourth-order valence-corrected chi connectivity index (χ4v) is 4.94. The Hall–Kier alpha value is -1.89. The predicted molar refractivity (Wildman–Crippen MR) is 100.0 cm³/mol. The zero-order valence-corrected chi connectivity index (χ0v) is 16.2. The van der Waals surface area contributed by atoms with Gasteiger partial charge in [-0.25, -0.2) is 17.9 Å². The summed E-state index contributed by atoms with van der Waals surface area (Å²) in [6.07, 6.45) is 3.23. The number of nitrogens with one attached hydrogen (secondary N) is 1. The topological polar surface area (TPSA) is 72.5 Å². The van der Waals surface area contributed by atoms with Crippen molar-refractivity contribution >= 4 is 27.6 Å². The Balaban J connectivity index is 1.88. The van der Waals surface area contributed by atoms with Crippen molar-refractivity contribution in [2.45, 2.75) is 37.1 Å². The van der Waals surface area contributed by atoms with E-state index in [9.17, 15) is 13.2 Å². The molecule has 0 radical (unpaired) electrons. The molecule has 0 saturated heterocycles. The van der Waals surface area contributed by atoms with Crippen LogP contribution in [0.3, 0.4) is 0 Å². The second-order valence-electron chi connectivity index (χ2n) is 6.36. The Morgan fingerprint density at radius 3 is 2.62 bits per heavy atom. The molecule has 0 spiro atoms. The normalized spacial score (nSPS) is 14.7. The number of carbonyl (C=O) groups excluding carboxylic acids is 1. The maximum Gasteiger partial charge on any atom is 0.337 e. The second kappa shape index (κ2) is 7.39. The largest absolute Gasteiger partial charge is 0.465 e. The Morgan fingerprint density at radius 2 is 1.88 bits per heavy atom. The van der Waals surface area contributed by atoms with E-state index in [1.54, 1.807) is 6.92 Å². The molecule has 5 nitrogen and oxygen atoms in total. The molecule has 2 aromatic rings. The van der Waals surface area contributed by atoms with Crippen LogP contribution in [0.1, 0.15) is 46.4 Å². The van der Waals surface area contributed by atoms with E-state index in [0.717, 1.165) is 24.8 Å². The lowest BCUT2D eigenvalue weighted by atomic mass is 10.0. The second-order valence-corrected chi connectivity index (χ2v) is 8.45. The van der Waals surface area contributed by atoms with Crippen LogP contribution in [0, 0.1) is 0 Å². The van der Waals surface area contributed by atoms with Crippen LogP contribution in [0.4, 0.5) is 0 Å². The van der Waals surface area contributed by atoms with E-state index < -0.39 is 22.0 Å². The minimum atomic E-state index is -3.91. The molecular formula is C19H20ClNO4S. The van der Waals surface area contributed by atoms with E-state index in [2.05, 4.69) is 21.6 Å². The van der Waals surface area contributed by atoms with Crippen molar-refractivity contribution in [3.8, 4) is 0 Å². The molecule has 0 heterocycles. The van der Waals surface area contributed by atoms with Gasteiger partial charge in [0.2, 0.25) is 10.0 Å². The summed E-state index contributed by atoms with van der Waals surface area (Å²) in [5.74, 6) is -0.621. The van der Waals surface area contributed by atoms with Crippen LogP contribution in [0.15, 0.2) is 41.3 Å². The highest BCUT2D eigenvalue weighted by molar-refractivity contribution is 7.89. The van der Waals surface area contributed by atoms with Gasteiger partial charge in [-0.1, -0.05) is 29.8 Å². The minimum absolute atomic E-state index is 0.0475. The summed E-state index contributed by atoms with van der Waals surface area (Å²) in [6.45, 7) is 1.78. The minimum Gasteiger partial charge on any atom is -0.465 e. The first kappa shape index (κ1) is 18.9. The smallest absolute Gasteiger partial charge is 0.337 e. The first-order valence-electron chi connectivity index (χ1n) is 8.33. The molecule has 0 bridgehead atoms. The lowest BCUT2D eigenvalue weighted by Gasteiger charge is -2.17. The summed E-state index contributed by atoms with van der Waals surface area (Å²) in [6, 6.07) is 9.67. The number of sulfonamides is 1. The Bertz CT molecular complexity index is 956. The highest BCUT2D eigenvalue weighted by Gasteiger charge is 2.24. The lowest BCUT2D eigenvalue weighted by molar-refractivity contribution is 0.0600. The summed E-state index contributed by atoms with van der Waals surface area (Å²) in [5.41, 5.74) is 3.63. The van der Waals surface area contributed by atoms with Crippen LogP contribution in [0.25, 0.3) is 0 Å². The summed E-state index contributed by atoms with van der Waals surface area (Å²) in [5, 5.41) is 0.0475. The molecule has 3 rings (SSSR count). The number of methoxy groups -OCH3 is 1. The van der Waals surface area contributed by atoms with Gasteiger partial charge in [0.15, 0.2) is 0 Å². The molecule has 26 heavy (non-hydrogen) atoms. The molecule has 0 aromatic heterocycles. The van der Waals surface area contributed by atoms with E-state index in [-0.39, 0.29) is 15.5 Å². The van der Waals surface area contributed by atoms with Crippen molar-refractivity contribution in [2.75, 3.05) is 7.11 Å². The van der Waals surface area contributed by atoms with Gasteiger partial charge in [-0.05, 0) is 61.1 Å². The van der Waals surface area contributed by atoms with Crippen LogP contribution >= 0.6 is 11.6 Å². The molecule has 1 aliphatic rings. The number of hydrogen-bond acceptors (Lipinski definition) is 4. The number of halogens is 1. The average molecular weight is 394 g/mol. The van der Waals surface area contributed by atoms with Gasteiger partial charge in [0.1, 0.15) is 4.90 Å². The summed E-state index contributed by atoms with van der Waals surface area (Å²) in [4.78, 5) is 11.5. The van der Waals surface area contributed by atoms with E-state index in [1.165, 1.54) is 36.4 Å². The Morgan fingerprint density at radius 1 is 1.15 bits per heavy atom. The third-order valence-corrected chi connectivity index (χ3v) is 6.62. The van der Waals surface area contributed by atoms with Crippen molar-refractivity contribution in [1.29, 1.82) is 0 Å². The standard InChI is InChI=1S/C19H20ClNO4S/c1-12(14-7-6-13-4-3-5-15(13)10-14)21-26(23,24)18-11-16(19(22)25-2)8-9-17(18)20/h6-12,21H,3-5H2,1-2H3. The fraction of sp³-hybridized carbons (Fsp3) is 0.316. The number of carbonyl (C=O) groups is 1. The zero-order chi connectivity index (χ0) is 18.9. The average Bonchev–Trinajstić information content (AvgIpc) is 3.08. The third-order valence-electron chi connectivity index (χ3n) is 4.60. The lowest BCUT2D eigenvalue weighted by Crippen LogP contribution is -2.27. The summed E-state index contributed by atoms with van der Waals surface area (Å²) >= 11 is 6.06. The van der Waals surface area contributed by atoms with Crippen molar-refractivity contribution in [3.05, 3.63) is 63.7 Å². The Labute approximate surface area is 158 Å². The van der Waals surface area contributed by atoms with E-state index in [4.69, 9.17) is 11.6 Å². The number of rotatable bonds is 5. The molecule has 0 amide bonds. The summed E-state index contributed by atoms with van der Waals surface area (Å²) < 4.78 is 32.9. The predicted octanol–water partition coefficient (Wildman–Crippen LogP) is 3.65. The van der Waals surface area contributed by atoms with Crippen LogP contribution in [0.5, 0.6) is 0 Å². The number of benzene rings is 2. The van der Waals surface area contributed by atoms with Crippen molar-refractivity contribution in [3.63, 3.8) is 0 Å². The van der Waals surface area contributed by atoms with Crippen molar-refractivity contribution in [1.82, 2.24) is 4.72 Å². The number of esters is 1. The number of ether oxygens (including phenoxy) is 1. The molecule has 2 aromatic carbocycles. The van der Waals surface area contributed by atoms with Gasteiger partial charge in [-0.3, -0.25) is 0 Å². The van der Waals surface area contributed by atoms with Gasteiger partial charge in [0.05, 0.1) is 17.7 Å². The van der Waals surface area contributed by atoms with Gasteiger partial charge in [0.25, 0.3) is 0 Å². The van der Waals surface area contributed by atoms with Crippen LogP contribution in [-0.2, 0) is 27.6 Å². The Kier molecular flexibility index (Phi) is 5.37. The molecule has 0 fully saturated rings. The van der Waals surface area contributed by atoms with Crippen LogP contribution in [0.2, 0.25) is 5.02 Å². The molecule has 1 atom stereocenters. The first-order chi connectivity index (χ1) is 12.3. The van der Waals surface area contributed by atoms with Crippen molar-refractivity contribution < 1.29 is 17.9 Å². The molecule has 0 saturated carbocycles.